The quantitative estimate of drug-likeness (QED) is 0.406. The summed E-state index contributed by atoms with van der Waals surface area (Å²) in [6.45, 7) is 0. The minimum Gasteiger partial charge on any atom is -0.368 e. The van der Waals surface area contributed by atoms with E-state index in [9.17, 15) is 0 Å². The Bertz CT molecular complexity index is 795. The first kappa shape index (κ1) is 14.4. The molecule has 114 valence electrons. The Kier molecular flexibility index (Phi) is 4.66. The van der Waals surface area contributed by atoms with E-state index in [4.69, 9.17) is 0 Å². The van der Waals surface area contributed by atoms with Crippen LogP contribution in [0.4, 0.5) is 0 Å². The van der Waals surface area contributed by atoms with E-state index in [1.807, 2.05) is 36.8 Å². The molecule has 0 aliphatic rings. The number of nitrogens with zero attached hydrogens (tertiary/aromatic N) is 5. The third-order valence-electron chi connectivity index (χ3n) is 2.82. The molecule has 5 rings (SSSR count). The van der Waals surface area contributed by atoms with Gasteiger partial charge in [-0.15, -0.1) is 0 Å². The van der Waals surface area contributed by atoms with E-state index >= 15 is 0 Å². The van der Waals surface area contributed by atoms with Gasteiger partial charge in [0.15, 0.2) is 5.65 Å². The Morgan fingerprint density at radius 3 is 2.35 bits per heavy atom. The Balaban J connectivity index is 0.000000107. The molecule has 23 heavy (non-hydrogen) atoms. The van der Waals surface area contributed by atoms with Crippen LogP contribution in [-0.4, -0.2) is 39.9 Å². The van der Waals surface area contributed by atoms with Gasteiger partial charge in [0.1, 0.15) is 23.8 Å². The molecule has 5 aromatic heterocycles. The molecule has 0 aromatic carbocycles. The van der Waals surface area contributed by atoms with Gasteiger partial charge in [0, 0.05) is 30.2 Å². The van der Waals surface area contributed by atoms with Crippen molar-refractivity contribution in [2.45, 2.75) is 0 Å². The van der Waals surface area contributed by atoms with Crippen molar-refractivity contribution >= 4 is 22.2 Å². The highest BCUT2D eigenvalue weighted by Crippen LogP contribution is 2.03. The van der Waals surface area contributed by atoms with Crippen molar-refractivity contribution in [3.8, 4) is 0 Å². The Labute approximate surface area is 131 Å². The first-order valence-corrected chi connectivity index (χ1v) is 6.83. The van der Waals surface area contributed by atoms with Crippen LogP contribution in [-0.2, 0) is 0 Å². The lowest BCUT2D eigenvalue weighted by atomic mass is 10.4. The molecular formula is C15H14N8. The van der Waals surface area contributed by atoms with Gasteiger partial charge < -0.3 is 15.0 Å². The Hall–Kier alpha value is -3.55. The molecule has 8 nitrogen and oxygen atoms in total. The summed E-state index contributed by atoms with van der Waals surface area (Å²) in [4.78, 5) is 28.1. The number of nitrogens with one attached hydrogen (secondary N) is 3. The minimum absolute atomic E-state index is 0.713. The third kappa shape index (κ3) is 3.97. The number of hydrogen-bond acceptors (Lipinski definition) is 5. The van der Waals surface area contributed by atoms with E-state index in [0.29, 0.717) is 5.65 Å². The van der Waals surface area contributed by atoms with E-state index in [-0.39, 0.29) is 0 Å². The average Bonchev–Trinajstić information content (AvgIpc) is 3.37. The lowest BCUT2D eigenvalue weighted by molar-refractivity contribution is 1.20. The summed E-state index contributed by atoms with van der Waals surface area (Å²) in [5.74, 6) is 0. The van der Waals surface area contributed by atoms with Gasteiger partial charge in [-0.25, -0.2) is 24.9 Å². The molecule has 0 amide bonds. The second-order valence-electron chi connectivity index (χ2n) is 4.35. The number of aromatic nitrogens is 8. The van der Waals surface area contributed by atoms with Crippen molar-refractivity contribution in [3.63, 3.8) is 0 Å². The maximum absolute atomic E-state index is 3.97. The summed E-state index contributed by atoms with van der Waals surface area (Å²) in [5.41, 5.74) is 2.48. The van der Waals surface area contributed by atoms with Crippen LogP contribution in [0.2, 0.25) is 0 Å². The molecule has 8 heteroatoms. The lowest BCUT2D eigenvalue weighted by Crippen LogP contribution is -1.76. The molecule has 0 saturated heterocycles. The number of hydrogen-bond donors (Lipinski definition) is 3. The second kappa shape index (κ2) is 7.46. The van der Waals surface area contributed by atoms with Crippen LogP contribution in [0.15, 0.2) is 68.2 Å². The molecule has 0 atom stereocenters. The van der Waals surface area contributed by atoms with Crippen LogP contribution in [0.3, 0.4) is 0 Å². The average molecular weight is 306 g/mol. The van der Waals surface area contributed by atoms with Crippen LogP contribution in [0.1, 0.15) is 0 Å². The number of aromatic amines is 3. The Morgan fingerprint density at radius 1 is 0.783 bits per heavy atom. The molecule has 5 heterocycles. The molecule has 0 fully saturated rings. The molecule has 0 bridgehead atoms. The predicted octanol–water partition coefficient (Wildman–Crippen LogP) is 2.33. The van der Waals surface area contributed by atoms with Crippen LogP contribution in [0.5, 0.6) is 0 Å². The monoisotopic (exact) mass is 306 g/mol. The number of fused-ring (bicyclic) bond motifs is 2. The van der Waals surface area contributed by atoms with E-state index in [2.05, 4.69) is 39.9 Å². The number of imidazole rings is 1. The highest BCUT2D eigenvalue weighted by molar-refractivity contribution is 5.73. The normalized spacial score (nSPS) is 9.74. The Morgan fingerprint density at radius 2 is 1.61 bits per heavy atom. The van der Waals surface area contributed by atoms with Gasteiger partial charge in [0.05, 0.1) is 12.5 Å². The van der Waals surface area contributed by atoms with E-state index < -0.39 is 0 Å². The van der Waals surface area contributed by atoms with Crippen molar-refractivity contribution in [2.75, 3.05) is 0 Å². The summed E-state index contributed by atoms with van der Waals surface area (Å²) >= 11 is 0. The fourth-order valence-corrected chi connectivity index (χ4v) is 1.76. The summed E-state index contributed by atoms with van der Waals surface area (Å²) in [6.07, 6.45) is 13.7. The van der Waals surface area contributed by atoms with Crippen LogP contribution in [0.25, 0.3) is 22.2 Å². The van der Waals surface area contributed by atoms with Gasteiger partial charge in [-0.2, -0.15) is 0 Å². The minimum atomic E-state index is 0.713. The largest absolute Gasteiger partial charge is 0.368 e. The van der Waals surface area contributed by atoms with Crippen LogP contribution in [0, 0.1) is 0 Å². The highest BCUT2D eigenvalue weighted by Gasteiger charge is 1.91. The molecule has 0 unspecified atom stereocenters. The van der Waals surface area contributed by atoms with E-state index in [1.165, 1.54) is 12.7 Å². The fourth-order valence-electron chi connectivity index (χ4n) is 1.76. The number of rotatable bonds is 0. The lowest BCUT2D eigenvalue weighted by Gasteiger charge is -1.81. The molecule has 5 aromatic rings. The van der Waals surface area contributed by atoms with Crippen LogP contribution < -0.4 is 0 Å². The molecule has 0 aliphatic heterocycles. The van der Waals surface area contributed by atoms with Crippen molar-refractivity contribution in [1.29, 1.82) is 0 Å². The van der Waals surface area contributed by atoms with Crippen molar-refractivity contribution in [1.82, 2.24) is 39.9 Å². The zero-order chi connectivity index (χ0) is 15.7. The molecular weight excluding hydrogens is 292 g/mol. The maximum Gasteiger partial charge on any atom is 0.180 e. The smallest absolute Gasteiger partial charge is 0.180 e. The molecule has 0 radical (unpaired) electrons. The van der Waals surface area contributed by atoms with Gasteiger partial charge in [-0.3, -0.25) is 0 Å². The van der Waals surface area contributed by atoms with Gasteiger partial charge >= 0.3 is 0 Å². The van der Waals surface area contributed by atoms with Gasteiger partial charge in [-0.1, -0.05) is 0 Å². The van der Waals surface area contributed by atoms with Gasteiger partial charge in [-0.05, 0) is 18.2 Å². The zero-order valence-corrected chi connectivity index (χ0v) is 12.1. The van der Waals surface area contributed by atoms with Crippen LogP contribution >= 0.6 is 0 Å². The van der Waals surface area contributed by atoms with Crippen molar-refractivity contribution in [3.05, 3.63) is 68.2 Å². The predicted molar refractivity (Wildman–Crippen MR) is 86.4 cm³/mol. The molecule has 0 aliphatic carbocycles. The highest BCUT2D eigenvalue weighted by atomic mass is 15.0. The molecule has 0 spiro atoms. The topological polar surface area (TPSA) is 112 Å². The SMILES string of the molecule is c1cc[nH]c1.c1ncc2[nH]cnc2n1.c1ncc2cc[nH]c2n1. The zero-order valence-electron chi connectivity index (χ0n) is 12.1. The van der Waals surface area contributed by atoms with E-state index in [1.54, 1.807) is 18.7 Å². The fraction of sp³-hybridized carbons (Fsp3) is 0. The second-order valence-corrected chi connectivity index (χ2v) is 4.35. The summed E-state index contributed by atoms with van der Waals surface area (Å²) < 4.78 is 0. The van der Waals surface area contributed by atoms with E-state index in [0.717, 1.165) is 16.6 Å². The summed E-state index contributed by atoms with van der Waals surface area (Å²) in [5, 5.41) is 1.05. The molecule has 3 N–H and O–H groups in total. The summed E-state index contributed by atoms with van der Waals surface area (Å²) in [6, 6.07) is 5.83. The molecule has 0 saturated carbocycles. The first-order chi connectivity index (χ1) is 11.4. The first-order valence-electron chi connectivity index (χ1n) is 6.83. The maximum atomic E-state index is 3.97. The van der Waals surface area contributed by atoms with Crippen molar-refractivity contribution in [2.24, 2.45) is 0 Å². The van der Waals surface area contributed by atoms with Crippen molar-refractivity contribution < 1.29 is 0 Å². The summed E-state index contributed by atoms with van der Waals surface area (Å²) in [7, 11) is 0. The van der Waals surface area contributed by atoms with Gasteiger partial charge in [0.2, 0.25) is 0 Å². The third-order valence-corrected chi connectivity index (χ3v) is 2.82. The number of H-pyrrole nitrogens is 3. The van der Waals surface area contributed by atoms with Gasteiger partial charge in [0.25, 0.3) is 0 Å². The standard InChI is InChI=1S/C6H5N3.C5H4N4.C4H5N/c1-2-8-6-5(1)3-7-4-9-6;1-4-5(8-2-6-1)9-3-7-4;1-2-4-5-3-1/h1-4H,(H,7,8,9);1-3H,(H,6,7,8,9);1-5H.